The highest BCUT2D eigenvalue weighted by molar-refractivity contribution is 6.07. The van der Waals surface area contributed by atoms with Gasteiger partial charge in [-0.2, -0.15) is 0 Å². The summed E-state index contributed by atoms with van der Waals surface area (Å²) >= 11 is 0. The average molecular weight is 386 g/mol. The molecule has 1 N–H and O–H groups in total. The summed E-state index contributed by atoms with van der Waals surface area (Å²) in [4.78, 5) is 37.7. The van der Waals surface area contributed by atoms with Gasteiger partial charge in [0.25, 0.3) is 5.91 Å². The molecule has 28 heavy (non-hydrogen) atoms. The minimum Gasteiger partial charge on any atom is -0.492 e. The SMILES string of the molecule is COC(=O)c1cccc(OCCN2C(=O)NC(C)(c3ccc(F)cc3)C2=O)c1. The molecule has 1 atom stereocenters. The Morgan fingerprint density at radius 3 is 2.57 bits per heavy atom. The molecule has 7 nitrogen and oxygen atoms in total. The van der Waals surface area contributed by atoms with Crippen LogP contribution in [0.3, 0.4) is 0 Å². The van der Waals surface area contributed by atoms with Crippen molar-refractivity contribution >= 4 is 17.9 Å². The molecule has 2 aromatic carbocycles. The van der Waals surface area contributed by atoms with E-state index in [1.54, 1.807) is 25.1 Å². The van der Waals surface area contributed by atoms with E-state index in [2.05, 4.69) is 10.1 Å². The van der Waals surface area contributed by atoms with E-state index in [0.29, 0.717) is 16.9 Å². The smallest absolute Gasteiger partial charge is 0.337 e. The van der Waals surface area contributed by atoms with Gasteiger partial charge in [0.05, 0.1) is 19.2 Å². The minimum absolute atomic E-state index is 0.0178. The third-order valence-electron chi connectivity index (χ3n) is 4.54. The van der Waals surface area contributed by atoms with Crippen molar-refractivity contribution in [2.75, 3.05) is 20.3 Å². The first-order valence-corrected chi connectivity index (χ1v) is 8.56. The number of esters is 1. The van der Waals surface area contributed by atoms with Crippen LogP contribution in [-0.2, 0) is 15.1 Å². The topological polar surface area (TPSA) is 84.9 Å². The number of carbonyl (C=O) groups excluding carboxylic acids is 3. The zero-order valence-corrected chi connectivity index (χ0v) is 15.4. The fourth-order valence-electron chi connectivity index (χ4n) is 2.96. The number of halogens is 1. The molecule has 1 heterocycles. The van der Waals surface area contributed by atoms with Gasteiger partial charge in [-0.25, -0.2) is 14.0 Å². The van der Waals surface area contributed by atoms with Crippen LogP contribution in [0.5, 0.6) is 5.75 Å². The fourth-order valence-corrected chi connectivity index (χ4v) is 2.96. The van der Waals surface area contributed by atoms with Crippen LogP contribution in [0.25, 0.3) is 0 Å². The Labute approximate surface area is 161 Å². The van der Waals surface area contributed by atoms with E-state index in [1.807, 2.05) is 0 Å². The maximum atomic E-state index is 13.1. The maximum Gasteiger partial charge on any atom is 0.337 e. The number of carbonyl (C=O) groups is 3. The summed E-state index contributed by atoms with van der Waals surface area (Å²) in [6.07, 6.45) is 0. The molecule has 1 aliphatic rings. The molecule has 0 bridgehead atoms. The first kappa shape index (κ1) is 19.3. The van der Waals surface area contributed by atoms with E-state index in [9.17, 15) is 18.8 Å². The number of ether oxygens (including phenoxy) is 2. The third-order valence-corrected chi connectivity index (χ3v) is 4.54. The number of nitrogens with zero attached hydrogens (tertiary/aromatic N) is 1. The lowest BCUT2D eigenvalue weighted by Crippen LogP contribution is -2.41. The second kappa shape index (κ2) is 7.67. The summed E-state index contributed by atoms with van der Waals surface area (Å²) < 4.78 is 23.4. The molecule has 8 heteroatoms. The van der Waals surface area contributed by atoms with Crippen molar-refractivity contribution < 1.29 is 28.2 Å². The van der Waals surface area contributed by atoms with E-state index >= 15 is 0 Å². The lowest BCUT2D eigenvalue weighted by Gasteiger charge is -2.22. The molecule has 0 radical (unpaired) electrons. The summed E-state index contributed by atoms with van der Waals surface area (Å²) in [6, 6.07) is 11.2. The van der Waals surface area contributed by atoms with Crippen LogP contribution in [-0.4, -0.2) is 43.1 Å². The van der Waals surface area contributed by atoms with Gasteiger partial charge in [0.2, 0.25) is 0 Å². The third kappa shape index (κ3) is 3.66. The van der Waals surface area contributed by atoms with Gasteiger partial charge in [0, 0.05) is 0 Å². The molecule has 146 valence electrons. The van der Waals surface area contributed by atoms with E-state index in [-0.39, 0.29) is 13.2 Å². The molecule has 0 aliphatic carbocycles. The second-order valence-corrected chi connectivity index (χ2v) is 6.39. The van der Waals surface area contributed by atoms with Crippen LogP contribution in [0, 0.1) is 5.82 Å². The van der Waals surface area contributed by atoms with Crippen molar-refractivity contribution in [1.82, 2.24) is 10.2 Å². The lowest BCUT2D eigenvalue weighted by atomic mass is 9.92. The molecule has 2 aromatic rings. The number of amides is 3. The molecule has 0 aromatic heterocycles. The molecule has 3 rings (SSSR count). The van der Waals surface area contributed by atoms with Crippen LogP contribution in [0.15, 0.2) is 48.5 Å². The summed E-state index contributed by atoms with van der Waals surface area (Å²) in [6.45, 7) is 1.63. The highest BCUT2D eigenvalue weighted by Gasteiger charge is 2.48. The van der Waals surface area contributed by atoms with Crippen LogP contribution in [0.2, 0.25) is 0 Å². The number of nitrogens with one attached hydrogen (secondary N) is 1. The average Bonchev–Trinajstić information content (AvgIpc) is 2.92. The Morgan fingerprint density at radius 1 is 1.18 bits per heavy atom. The molecule has 0 spiro atoms. The molecule has 3 amide bonds. The van der Waals surface area contributed by atoms with Gasteiger partial charge in [-0.3, -0.25) is 9.69 Å². The van der Waals surface area contributed by atoms with Crippen LogP contribution in [0.1, 0.15) is 22.8 Å². The monoisotopic (exact) mass is 386 g/mol. The number of hydrogen-bond donors (Lipinski definition) is 1. The largest absolute Gasteiger partial charge is 0.492 e. The second-order valence-electron chi connectivity index (χ2n) is 6.39. The van der Waals surface area contributed by atoms with Gasteiger partial charge in [-0.05, 0) is 42.8 Å². The van der Waals surface area contributed by atoms with Crippen molar-refractivity contribution in [3.63, 3.8) is 0 Å². The number of hydrogen-bond acceptors (Lipinski definition) is 5. The summed E-state index contributed by atoms with van der Waals surface area (Å²) in [5.41, 5.74) is -0.449. The quantitative estimate of drug-likeness (QED) is 0.609. The molecule has 1 fully saturated rings. The molecule has 1 unspecified atom stereocenters. The van der Waals surface area contributed by atoms with E-state index in [4.69, 9.17) is 4.74 Å². The molecule has 1 saturated heterocycles. The van der Waals surface area contributed by atoms with Crippen LogP contribution >= 0.6 is 0 Å². The van der Waals surface area contributed by atoms with E-state index < -0.39 is 29.3 Å². The van der Waals surface area contributed by atoms with Gasteiger partial charge in [0.15, 0.2) is 0 Å². The predicted octanol–water partition coefficient (Wildman–Crippen LogP) is 2.46. The number of methoxy groups -OCH3 is 1. The van der Waals surface area contributed by atoms with Gasteiger partial charge in [-0.1, -0.05) is 18.2 Å². The van der Waals surface area contributed by atoms with Crippen molar-refractivity contribution in [2.24, 2.45) is 0 Å². The normalized spacial score (nSPS) is 18.8. The maximum absolute atomic E-state index is 13.1. The number of rotatable bonds is 6. The fraction of sp³-hybridized carbons (Fsp3) is 0.250. The van der Waals surface area contributed by atoms with Crippen LogP contribution in [0.4, 0.5) is 9.18 Å². The standard InChI is InChI=1S/C20H19FN2O5/c1-20(14-6-8-15(21)9-7-14)18(25)23(19(26)22-20)10-11-28-16-5-3-4-13(12-16)17(24)27-2/h3-9,12H,10-11H2,1-2H3,(H,22,26). The van der Waals surface area contributed by atoms with Gasteiger partial charge in [-0.15, -0.1) is 0 Å². The lowest BCUT2D eigenvalue weighted by molar-refractivity contribution is -0.131. The van der Waals surface area contributed by atoms with Crippen molar-refractivity contribution in [3.8, 4) is 5.75 Å². The highest BCUT2D eigenvalue weighted by Crippen LogP contribution is 2.28. The first-order valence-electron chi connectivity index (χ1n) is 8.56. The van der Waals surface area contributed by atoms with Crippen molar-refractivity contribution in [3.05, 3.63) is 65.5 Å². The Bertz CT molecular complexity index is 915. The summed E-state index contributed by atoms with van der Waals surface area (Å²) in [5.74, 6) is -0.953. The summed E-state index contributed by atoms with van der Waals surface area (Å²) in [5, 5.41) is 2.64. The first-order chi connectivity index (χ1) is 13.3. The zero-order valence-electron chi connectivity index (χ0n) is 15.4. The molecular weight excluding hydrogens is 367 g/mol. The molecule has 1 aliphatic heterocycles. The number of urea groups is 1. The van der Waals surface area contributed by atoms with Gasteiger partial charge in [0.1, 0.15) is 23.7 Å². The van der Waals surface area contributed by atoms with Gasteiger partial charge < -0.3 is 14.8 Å². The van der Waals surface area contributed by atoms with E-state index in [1.165, 1.54) is 37.4 Å². The Morgan fingerprint density at radius 2 is 1.89 bits per heavy atom. The molecule has 0 saturated carbocycles. The Hall–Kier alpha value is -3.42. The van der Waals surface area contributed by atoms with E-state index in [0.717, 1.165) is 4.90 Å². The Balaban J connectivity index is 1.65. The predicted molar refractivity (Wildman–Crippen MR) is 97.3 cm³/mol. The number of imide groups is 1. The van der Waals surface area contributed by atoms with Crippen molar-refractivity contribution in [2.45, 2.75) is 12.5 Å². The number of benzene rings is 2. The highest BCUT2D eigenvalue weighted by atomic mass is 19.1. The van der Waals surface area contributed by atoms with Gasteiger partial charge >= 0.3 is 12.0 Å². The summed E-state index contributed by atoms with van der Waals surface area (Å²) in [7, 11) is 1.28. The minimum atomic E-state index is -1.27. The molecular formula is C20H19FN2O5. The Kier molecular flexibility index (Phi) is 5.30. The van der Waals surface area contributed by atoms with Crippen LogP contribution < -0.4 is 10.1 Å². The zero-order chi connectivity index (χ0) is 20.3. The van der Waals surface area contributed by atoms with Crippen molar-refractivity contribution in [1.29, 1.82) is 0 Å².